The van der Waals surface area contributed by atoms with E-state index in [4.69, 9.17) is 11.6 Å². The van der Waals surface area contributed by atoms with Gasteiger partial charge in [-0.3, -0.25) is 4.98 Å². The Balaban J connectivity index is 2.02. The minimum Gasteiger partial charge on any atom is -0.380 e. The lowest BCUT2D eigenvalue weighted by Gasteiger charge is -2.07. The first-order chi connectivity index (χ1) is 8.15. The first kappa shape index (κ1) is 11.9. The number of benzene rings is 1. The van der Waals surface area contributed by atoms with E-state index < -0.39 is 5.82 Å². The highest BCUT2D eigenvalue weighted by molar-refractivity contribution is 6.30. The summed E-state index contributed by atoms with van der Waals surface area (Å²) in [5, 5.41) is 3.34. The average Bonchev–Trinajstić information content (AvgIpc) is 2.33. The molecule has 0 saturated carbocycles. The van der Waals surface area contributed by atoms with Crippen LogP contribution in [0.3, 0.4) is 0 Å². The summed E-state index contributed by atoms with van der Waals surface area (Å²) in [5.74, 6) is -0.396. The standard InChI is InChI=1S/C13H12ClFN2/c1-9-2-4-11(8-16-9)17-7-10-3-5-13(15)12(14)6-10/h2-6,8,17H,7H2,1H3. The summed E-state index contributed by atoms with van der Waals surface area (Å²) >= 11 is 5.70. The van der Waals surface area contributed by atoms with Crippen molar-refractivity contribution in [2.45, 2.75) is 13.5 Å². The van der Waals surface area contributed by atoms with Gasteiger partial charge in [-0.05, 0) is 36.8 Å². The van der Waals surface area contributed by atoms with E-state index in [0.29, 0.717) is 6.54 Å². The van der Waals surface area contributed by atoms with Crippen LogP contribution in [-0.4, -0.2) is 4.98 Å². The normalized spacial score (nSPS) is 10.3. The third kappa shape index (κ3) is 3.17. The van der Waals surface area contributed by atoms with Crippen molar-refractivity contribution < 1.29 is 4.39 Å². The number of hydrogen-bond donors (Lipinski definition) is 1. The van der Waals surface area contributed by atoms with E-state index in [1.807, 2.05) is 19.1 Å². The van der Waals surface area contributed by atoms with Crippen molar-refractivity contribution in [2.75, 3.05) is 5.32 Å². The molecule has 0 fully saturated rings. The molecular formula is C13H12ClFN2. The Morgan fingerprint density at radius 3 is 2.76 bits per heavy atom. The molecule has 0 radical (unpaired) electrons. The van der Waals surface area contributed by atoms with Crippen molar-refractivity contribution in [1.82, 2.24) is 4.98 Å². The van der Waals surface area contributed by atoms with Crippen molar-refractivity contribution in [3.63, 3.8) is 0 Å². The van der Waals surface area contributed by atoms with Crippen molar-refractivity contribution in [1.29, 1.82) is 0 Å². The molecule has 0 aliphatic heterocycles. The fraction of sp³-hybridized carbons (Fsp3) is 0.154. The maximum Gasteiger partial charge on any atom is 0.141 e. The molecule has 2 aromatic rings. The van der Waals surface area contributed by atoms with E-state index in [2.05, 4.69) is 10.3 Å². The molecule has 1 aromatic carbocycles. The quantitative estimate of drug-likeness (QED) is 0.896. The number of rotatable bonds is 3. The van der Waals surface area contributed by atoms with Gasteiger partial charge >= 0.3 is 0 Å². The van der Waals surface area contributed by atoms with Crippen molar-refractivity contribution >= 4 is 17.3 Å². The molecule has 4 heteroatoms. The number of nitrogens with one attached hydrogen (secondary N) is 1. The number of hydrogen-bond acceptors (Lipinski definition) is 2. The highest BCUT2D eigenvalue weighted by atomic mass is 35.5. The Morgan fingerprint density at radius 2 is 2.12 bits per heavy atom. The fourth-order valence-corrected chi connectivity index (χ4v) is 1.63. The molecular weight excluding hydrogens is 239 g/mol. The summed E-state index contributed by atoms with van der Waals surface area (Å²) in [6, 6.07) is 8.57. The molecule has 2 rings (SSSR count). The zero-order valence-electron chi connectivity index (χ0n) is 9.37. The van der Waals surface area contributed by atoms with Gasteiger partial charge in [0.25, 0.3) is 0 Å². The van der Waals surface area contributed by atoms with E-state index >= 15 is 0 Å². The Kier molecular flexibility index (Phi) is 3.59. The second kappa shape index (κ2) is 5.15. The molecule has 0 spiro atoms. The molecule has 0 aliphatic carbocycles. The maximum absolute atomic E-state index is 12.9. The lowest BCUT2D eigenvalue weighted by molar-refractivity contribution is 0.627. The number of anilines is 1. The SMILES string of the molecule is Cc1ccc(NCc2ccc(F)c(Cl)c2)cn1. The molecule has 0 amide bonds. The van der Waals surface area contributed by atoms with Crippen LogP contribution in [0.1, 0.15) is 11.3 Å². The number of halogens is 2. The van der Waals surface area contributed by atoms with Gasteiger partial charge in [-0.25, -0.2) is 4.39 Å². The minimum atomic E-state index is -0.396. The zero-order chi connectivity index (χ0) is 12.3. The van der Waals surface area contributed by atoms with Gasteiger partial charge in [-0.1, -0.05) is 17.7 Å². The Hall–Kier alpha value is -1.61. The summed E-state index contributed by atoms with van der Waals surface area (Å²) in [6.45, 7) is 2.52. The molecule has 17 heavy (non-hydrogen) atoms. The summed E-state index contributed by atoms with van der Waals surface area (Å²) in [6.07, 6.45) is 1.76. The van der Waals surface area contributed by atoms with Crippen LogP contribution in [-0.2, 0) is 6.54 Å². The molecule has 2 nitrogen and oxygen atoms in total. The zero-order valence-corrected chi connectivity index (χ0v) is 10.1. The van der Waals surface area contributed by atoms with Crippen LogP contribution in [0, 0.1) is 12.7 Å². The molecule has 0 unspecified atom stereocenters. The number of nitrogens with zero attached hydrogens (tertiary/aromatic N) is 1. The number of aryl methyl sites for hydroxylation is 1. The second-order valence-electron chi connectivity index (χ2n) is 3.79. The molecule has 1 N–H and O–H groups in total. The van der Waals surface area contributed by atoms with Crippen LogP contribution in [0.15, 0.2) is 36.5 Å². The fourth-order valence-electron chi connectivity index (χ4n) is 1.43. The summed E-state index contributed by atoms with van der Waals surface area (Å²) < 4.78 is 12.9. The molecule has 0 bridgehead atoms. The molecule has 0 aliphatic rings. The topological polar surface area (TPSA) is 24.9 Å². The lowest BCUT2D eigenvalue weighted by Crippen LogP contribution is -2.00. The summed E-state index contributed by atoms with van der Waals surface area (Å²) in [7, 11) is 0. The molecule has 0 saturated heterocycles. The first-order valence-corrected chi connectivity index (χ1v) is 5.63. The first-order valence-electron chi connectivity index (χ1n) is 5.25. The van der Waals surface area contributed by atoms with Gasteiger partial charge in [0.2, 0.25) is 0 Å². The van der Waals surface area contributed by atoms with Crippen molar-refractivity contribution in [3.05, 3.63) is 58.6 Å². The lowest BCUT2D eigenvalue weighted by atomic mass is 10.2. The Labute approximate surface area is 104 Å². The second-order valence-corrected chi connectivity index (χ2v) is 4.20. The van der Waals surface area contributed by atoms with Gasteiger partial charge in [-0.2, -0.15) is 0 Å². The smallest absolute Gasteiger partial charge is 0.141 e. The average molecular weight is 251 g/mol. The third-order valence-corrected chi connectivity index (χ3v) is 2.68. The van der Waals surface area contributed by atoms with Crippen LogP contribution >= 0.6 is 11.6 Å². The van der Waals surface area contributed by atoms with Crippen molar-refractivity contribution in [2.24, 2.45) is 0 Å². The van der Waals surface area contributed by atoms with E-state index in [9.17, 15) is 4.39 Å². The van der Waals surface area contributed by atoms with Crippen LogP contribution in [0.2, 0.25) is 5.02 Å². The van der Waals surface area contributed by atoms with E-state index in [0.717, 1.165) is 16.9 Å². The third-order valence-electron chi connectivity index (χ3n) is 2.39. The van der Waals surface area contributed by atoms with Crippen LogP contribution in [0.5, 0.6) is 0 Å². The van der Waals surface area contributed by atoms with Gasteiger partial charge in [0.05, 0.1) is 16.9 Å². The molecule has 0 atom stereocenters. The number of pyridine rings is 1. The van der Waals surface area contributed by atoms with E-state index in [-0.39, 0.29) is 5.02 Å². The Morgan fingerprint density at radius 1 is 1.29 bits per heavy atom. The molecule has 1 aromatic heterocycles. The molecule has 1 heterocycles. The van der Waals surface area contributed by atoms with Gasteiger partial charge in [0, 0.05) is 12.2 Å². The van der Waals surface area contributed by atoms with Gasteiger partial charge in [0.15, 0.2) is 0 Å². The highest BCUT2D eigenvalue weighted by Gasteiger charge is 2.00. The van der Waals surface area contributed by atoms with Crippen molar-refractivity contribution in [3.8, 4) is 0 Å². The predicted molar refractivity (Wildman–Crippen MR) is 67.7 cm³/mol. The van der Waals surface area contributed by atoms with E-state index in [1.54, 1.807) is 18.3 Å². The summed E-state index contributed by atoms with van der Waals surface area (Å²) in [5.41, 5.74) is 2.83. The Bertz CT molecular complexity index is 511. The highest BCUT2D eigenvalue weighted by Crippen LogP contribution is 2.17. The molecule has 88 valence electrons. The van der Waals surface area contributed by atoms with Gasteiger partial charge < -0.3 is 5.32 Å². The van der Waals surface area contributed by atoms with Crippen LogP contribution < -0.4 is 5.32 Å². The monoisotopic (exact) mass is 250 g/mol. The maximum atomic E-state index is 12.9. The predicted octanol–water partition coefficient (Wildman–Crippen LogP) is 3.79. The minimum absolute atomic E-state index is 0.145. The largest absolute Gasteiger partial charge is 0.380 e. The summed E-state index contributed by atoms with van der Waals surface area (Å²) in [4.78, 5) is 4.17. The van der Waals surface area contributed by atoms with Gasteiger partial charge in [0.1, 0.15) is 5.82 Å². The number of aromatic nitrogens is 1. The van der Waals surface area contributed by atoms with Crippen LogP contribution in [0.4, 0.5) is 10.1 Å². The van der Waals surface area contributed by atoms with Gasteiger partial charge in [-0.15, -0.1) is 0 Å². The van der Waals surface area contributed by atoms with E-state index in [1.165, 1.54) is 6.07 Å². The van der Waals surface area contributed by atoms with Crippen LogP contribution in [0.25, 0.3) is 0 Å².